The van der Waals surface area contributed by atoms with Gasteiger partial charge in [0.1, 0.15) is 6.10 Å². The van der Waals surface area contributed by atoms with Gasteiger partial charge in [-0.05, 0) is 19.4 Å². The zero-order chi connectivity index (χ0) is 8.93. The number of aromatic nitrogens is 2. The van der Waals surface area contributed by atoms with Crippen molar-refractivity contribution < 1.29 is 4.74 Å². The molecule has 1 fully saturated rings. The molecule has 0 aliphatic carbocycles. The van der Waals surface area contributed by atoms with E-state index in [2.05, 4.69) is 21.6 Å². The van der Waals surface area contributed by atoms with Gasteiger partial charge in [-0.25, -0.2) is 4.98 Å². The molecule has 2 rings (SSSR count). The fourth-order valence-corrected chi connectivity index (χ4v) is 1.41. The van der Waals surface area contributed by atoms with Crippen LogP contribution in [0.1, 0.15) is 12.8 Å². The minimum absolute atomic E-state index is 0.247. The maximum absolute atomic E-state index is 5.61. The molecule has 1 aromatic heterocycles. The largest absolute Gasteiger partial charge is 0.473 e. The first-order valence-corrected chi connectivity index (χ1v) is 4.51. The number of rotatable bonds is 2. The first-order chi connectivity index (χ1) is 6.45. The summed E-state index contributed by atoms with van der Waals surface area (Å²) in [5, 5.41) is 3.28. The number of hydrogen-bond donors (Lipinski definition) is 1. The van der Waals surface area contributed by atoms with Crippen LogP contribution < -0.4 is 10.1 Å². The molecule has 4 heteroatoms. The summed E-state index contributed by atoms with van der Waals surface area (Å²) < 4.78 is 5.61. The van der Waals surface area contributed by atoms with Crippen molar-refractivity contribution in [3.05, 3.63) is 18.6 Å². The highest BCUT2D eigenvalue weighted by Gasteiger charge is 2.14. The normalized spacial score (nSPS) is 22.6. The van der Waals surface area contributed by atoms with Crippen molar-refractivity contribution in [3.8, 4) is 5.88 Å². The smallest absolute Gasteiger partial charge is 0.217 e. The van der Waals surface area contributed by atoms with E-state index in [1.54, 1.807) is 12.3 Å². The summed E-state index contributed by atoms with van der Waals surface area (Å²) in [6.07, 6.45) is 6.65. The molecular formula is C9H12N3O. The lowest BCUT2D eigenvalue weighted by molar-refractivity contribution is 0.160. The van der Waals surface area contributed by atoms with Gasteiger partial charge in [-0.15, -0.1) is 0 Å². The molecule has 0 bridgehead atoms. The standard InChI is InChI=1S/C9H12N3O/c1-2-8(6-10-4-1)13-9-3-5-11-7-12-9/h3,5,8,10H,1-2,4,6H2. The van der Waals surface area contributed by atoms with Crippen molar-refractivity contribution in [2.24, 2.45) is 0 Å². The Morgan fingerprint density at radius 2 is 2.62 bits per heavy atom. The molecule has 1 aliphatic heterocycles. The Labute approximate surface area is 77.4 Å². The zero-order valence-corrected chi connectivity index (χ0v) is 7.36. The van der Waals surface area contributed by atoms with Gasteiger partial charge in [0, 0.05) is 18.8 Å². The van der Waals surface area contributed by atoms with Crippen LogP contribution >= 0.6 is 0 Å². The van der Waals surface area contributed by atoms with Crippen molar-refractivity contribution in [1.29, 1.82) is 0 Å². The Morgan fingerprint density at radius 3 is 3.31 bits per heavy atom. The molecule has 1 N–H and O–H groups in total. The second-order valence-electron chi connectivity index (χ2n) is 3.08. The molecule has 2 heterocycles. The van der Waals surface area contributed by atoms with Gasteiger partial charge in [-0.1, -0.05) is 0 Å². The summed E-state index contributed by atoms with van der Waals surface area (Å²) in [4.78, 5) is 7.59. The summed E-state index contributed by atoms with van der Waals surface area (Å²) in [7, 11) is 0. The molecule has 1 radical (unpaired) electrons. The van der Waals surface area contributed by atoms with Gasteiger partial charge in [0.15, 0.2) is 0 Å². The monoisotopic (exact) mass is 178 g/mol. The maximum Gasteiger partial charge on any atom is 0.217 e. The van der Waals surface area contributed by atoms with Crippen LogP contribution in [-0.4, -0.2) is 29.2 Å². The molecule has 0 saturated carbocycles. The van der Waals surface area contributed by atoms with Crippen LogP contribution in [-0.2, 0) is 0 Å². The third-order valence-electron chi connectivity index (χ3n) is 2.05. The fraction of sp³-hybridized carbons (Fsp3) is 0.556. The molecule has 0 amide bonds. The van der Waals surface area contributed by atoms with Crippen LogP contribution in [0.4, 0.5) is 0 Å². The molecule has 1 unspecified atom stereocenters. The van der Waals surface area contributed by atoms with E-state index in [0.717, 1.165) is 19.5 Å². The fourth-order valence-electron chi connectivity index (χ4n) is 1.41. The van der Waals surface area contributed by atoms with E-state index in [4.69, 9.17) is 4.74 Å². The summed E-state index contributed by atoms with van der Waals surface area (Å²) in [6, 6.07) is 1.76. The average Bonchev–Trinajstić information content (AvgIpc) is 2.21. The molecule has 4 nitrogen and oxygen atoms in total. The van der Waals surface area contributed by atoms with Gasteiger partial charge < -0.3 is 10.1 Å². The third kappa shape index (κ3) is 2.39. The lowest BCUT2D eigenvalue weighted by Gasteiger charge is -2.22. The Hall–Kier alpha value is -1.16. The van der Waals surface area contributed by atoms with Crippen molar-refractivity contribution >= 4 is 0 Å². The van der Waals surface area contributed by atoms with Crippen molar-refractivity contribution in [1.82, 2.24) is 15.3 Å². The predicted molar refractivity (Wildman–Crippen MR) is 47.4 cm³/mol. The van der Waals surface area contributed by atoms with E-state index < -0.39 is 0 Å². The van der Waals surface area contributed by atoms with Gasteiger partial charge in [-0.3, -0.25) is 0 Å². The molecule has 1 saturated heterocycles. The minimum Gasteiger partial charge on any atom is -0.473 e. The zero-order valence-electron chi connectivity index (χ0n) is 7.36. The second kappa shape index (κ2) is 4.18. The van der Waals surface area contributed by atoms with Crippen LogP contribution in [0.2, 0.25) is 0 Å². The van der Waals surface area contributed by atoms with Gasteiger partial charge in [0.2, 0.25) is 12.2 Å². The third-order valence-corrected chi connectivity index (χ3v) is 2.05. The molecule has 69 valence electrons. The predicted octanol–water partition coefficient (Wildman–Crippen LogP) is 0.408. The van der Waals surface area contributed by atoms with Gasteiger partial charge >= 0.3 is 0 Å². The quantitative estimate of drug-likeness (QED) is 0.712. The summed E-state index contributed by atoms with van der Waals surface area (Å²) >= 11 is 0. The molecule has 1 aliphatic rings. The Morgan fingerprint density at radius 1 is 1.62 bits per heavy atom. The van der Waals surface area contributed by atoms with E-state index in [1.807, 2.05) is 0 Å². The van der Waals surface area contributed by atoms with Crippen molar-refractivity contribution in [2.45, 2.75) is 18.9 Å². The van der Waals surface area contributed by atoms with E-state index in [0.29, 0.717) is 5.88 Å². The SMILES string of the molecule is [c]1nccc(OC2CCCNC2)n1. The number of hydrogen-bond acceptors (Lipinski definition) is 4. The number of nitrogens with one attached hydrogen (secondary N) is 1. The number of piperidine rings is 1. The minimum atomic E-state index is 0.247. The first-order valence-electron chi connectivity index (χ1n) is 4.51. The van der Waals surface area contributed by atoms with Gasteiger partial charge in [0.25, 0.3) is 0 Å². The molecule has 1 atom stereocenters. The highest BCUT2D eigenvalue weighted by molar-refractivity contribution is 5.04. The van der Waals surface area contributed by atoms with E-state index in [9.17, 15) is 0 Å². The molecular weight excluding hydrogens is 166 g/mol. The van der Waals surface area contributed by atoms with Gasteiger partial charge in [0.05, 0.1) is 0 Å². The maximum atomic E-state index is 5.61. The first kappa shape index (κ1) is 8.44. The summed E-state index contributed by atoms with van der Waals surface area (Å²) in [5.74, 6) is 0.615. The Bertz CT molecular complexity index is 246. The molecule has 1 aromatic rings. The lowest BCUT2D eigenvalue weighted by Crippen LogP contribution is -2.37. The van der Waals surface area contributed by atoms with Crippen LogP contribution in [0.3, 0.4) is 0 Å². The molecule has 0 spiro atoms. The van der Waals surface area contributed by atoms with Crippen molar-refractivity contribution in [2.75, 3.05) is 13.1 Å². The van der Waals surface area contributed by atoms with Crippen LogP contribution in [0, 0.1) is 6.33 Å². The van der Waals surface area contributed by atoms with E-state index >= 15 is 0 Å². The van der Waals surface area contributed by atoms with Crippen molar-refractivity contribution in [3.63, 3.8) is 0 Å². The van der Waals surface area contributed by atoms with E-state index in [-0.39, 0.29) is 6.10 Å². The lowest BCUT2D eigenvalue weighted by atomic mass is 10.1. The van der Waals surface area contributed by atoms with Crippen LogP contribution in [0.15, 0.2) is 12.3 Å². The number of nitrogens with zero attached hydrogens (tertiary/aromatic N) is 2. The topological polar surface area (TPSA) is 47.0 Å². The average molecular weight is 178 g/mol. The van der Waals surface area contributed by atoms with Gasteiger partial charge in [-0.2, -0.15) is 4.98 Å². The van der Waals surface area contributed by atoms with Crippen LogP contribution in [0.5, 0.6) is 5.88 Å². The molecule has 13 heavy (non-hydrogen) atoms. The summed E-state index contributed by atoms with van der Waals surface area (Å²) in [5.41, 5.74) is 0. The Balaban J connectivity index is 1.90. The van der Waals surface area contributed by atoms with E-state index in [1.165, 1.54) is 6.42 Å². The molecule has 0 aromatic carbocycles. The highest BCUT2D eigenvalue weighted by Crippen LogP contribution is 2.10. The Kier molecular flexibility index (Phi) is 2.72. The summed E-state index contributed by atoms with van der Waals surface area (Å²) in [6.45, 7) is 2.00. The second-order valence-corrected chi connectivity index (χ2v) is 3.08. The highest BCUT2D eigenvalue weighted by atomic mass is 16.5. The number of ether oxygens (including phenoxy) is 1. The van der Waals surface area contributed by atoms with Crippen LogP contribution in [0.25, 0.3) is 0 Å².